The molecule has 0 aromatic rings. The molecule has 3 N–H and O–H groups in total. The summed E-state index contributed by atoms with van der Waals surface area (Å²) in [6, 6.07) is 0.199. The van der Waals surface area contributed by atoms with Gasteiger partial charge in [-0.3, -0.25) is 4.99 Å². The molecule has 1 rings (SSSR count). The normalized spacial score (nSPS) is 16.5. The molecule has 1 saturated heterocycles. The Labute approximate surface area is 180 Å². The highest BCUT2D eigenvalue weighted by Gasteiger charge is 2.25. The van der Waals surface area contributed by atoms with E-state index in [9.17, 15) is 13.2 Å². The van der Waals surface area contributed by atoms with Crippen molar-refractivity contribution in [3.8, 4) is 0 Å². The van der Waals surface area contributed by atoms with E-state index in [0.717, 1.165) is 19.1 Å². The summed E-state index contributed by atoms with van der Waals surface area (Å²) in [5.41, 5.74) is -0.677. The average Bonchev–Trinajstić information content (AvgIpc) is 2.51. The van der Waals surface area contributed by atoms with E-state index in [1.807, 2.05) is 6.92 Å². The number of rotatable bonds is 7. The Hall–Kier alpha value is -0.820. The topological polar surface area (TPSA) is 112 Å². The molecule has 0 bridgehead atoms. The Morgan fingerprint density at radius 3 is 2.33 bits per heavy atom. The summed E-state index contributed by atoms with van der Waals surface area (Å²) >= 11 is 0. The number of hydrogen-bond acceptors (Lipinski definition) is 5. The largest absolute Gasteiger partial charge is 0.450 e. The summed E-state index contributed by atoms with van der Waals surface area (Å²) in [6.07, 6.45) is 2.47. The quantitative estimate of drug-likeness (QED) is 0.264. The first-order chi connectivity index (χ1) is 12.1. The van der Waals surface area contributed by atoms with Crippen molar-refractivity contribution in [1.29, 1.82) is 0 Å². The van der Waals surface area contributed by atoms with E-state index >= 15 is 0 Å². The highest BCUT2D eigenvalue weighted by molar-refractivity contribution is 14.0. The number of sulfonamides is 1. The van der Waals surface area contributed by atoms with Gasteiger partial charge in [0, 0.05) is 31.2 Å². The first-order valence-corrected chi connectivity index (χ1v) is 10.9. The molecule has 0 aromatic heterocycles. The van der Waals surface area contributed by atoms with Gasteiger partial charge in [0.25, 0.3) is 0 Å². The molecule has 1 aliphatic heterocycles. The van der Waals surface area contributed by atoms with Crippen LogP contribution in [-0.4, -0.2) is 76.0 Å². The molecule has 0 atom stereocenters. The molecule has 0 radical (unpaired) electrons. The fraction of sp³-hybridized carbons (Fsp3) is 0.875. The van der Waals surface area contributed by atoms with Gasteiger partial charge in [-0.2, -0.15) is 0 Å². The highest BCUT2D eigenvalue weighted by Crippen LogP contribution is 2.12. The second-order valence-electron chi connectivity index (χ2n) is 7.06. The number of likely N-dealkylation sites (tertiary alicyclic amines) is 1. The summed E-state index contributed by atoms with van der Waals surface area (Å²) < 4.78 is 30.5. The van der Waals surface area contributed by atoms with E-state index < -0.39 is 15.6 Å². The maximum Gasteiger partial charge on any atom is 0.409 e. The van der Waals surface area contributed by atoms with Crippen LogP contribution in [0.1, 0.15) is 40.5 Å². The van der Waals surface area contributed by atoms with Crippen molar-refractivity contribution in [2.24, 2.45) is 4.99 Å². The molecule has 0 aliphatic carbocycles. The zero-order valence-corrected chi connectivity index (χ0v) is 20.0. The molecule has 11 heteroatoms. The molecule has 0 spiro atoms. The minimum atomic E-state index is -3.30. The third kappa shape index (κ3) is 10.9. The fourth-order valence-electron chi connectivity index (χ4n) is 2.75. The van der Waals surface area contributed by atoms with Crippen LogP contribution in [0.2, 0.25) is 0 Å². The van der Waals surface area contributed by atoms with E-state index in [1.54, 1.807) is 25.7 Å². The number of amides is 1. The summed E-state index contributed by atoms with van der Waals surface area (Å²) in [5, 5.41) is 6.54. The Bertz CT molecular complexity index is 590. The van der Waals surface area contributed by atoms with Crippen LogP contribution in [0.15, 0.2) is 4.99 Å². The van der Waals surface area contributed by atoms with Crippen LogP contribution in [-0.2, 0) is 14.8 Å². The second-order valence-corrected chi connectivity index (χ2v) is 8.81. The number of nitrogens with one attached hydrogen (secondary N) is 3. The predicted octanol–water partition coefficient (Wildman–Crippen LogP) is 1.11. The van der Waals surface area contributed by atoms with Gasteiger partial charge in [-0.1, -0.05) is 0 Å². The second kappa shape index (κ2) is 11.9. The lowest BCUT2D eigenvalue weighted by Crippen LogP contribution is -2.51. The van der Waals surface area contributed by atoms with E-state index in [-0.39, 0.29) is 36.1 Å². The van der Waals surface area contributed by atoms with Crippen LogP contribution in [0, 0.1) is 0 Å². The van der Waals surface area contributed by atoms with Gasteiger partial charge in [-0.25, -0.2) is 17.9 Å². The van der Waals surface area contributed by atoms with Crippen molar-refractivity contribution in [2.45, 2.75) is 52.1 Å². The number of guanidine groups is 1. The smallest absolute Gasteiger partial charge is 0.409 e. The number of carbonyl (C=O) groups is 1. The Balaban J connectivity index is 0.00000676. The maximum absolute atomic E-state index is 11.7. The van der Waals surface area contributed by atoms with Crippen molar-refractivity contribution in [2.75, 3.05) is 39.0 Å². The minimum absolute atomic E-state index is 0. The van der Waals surface area contributed by atoms with Crippen molar-refractivity contribution in [3.05, 3.63) is 0 Å². The molecule has 27 heavy (non-hydrogen) atoms. The summed E-state index contributed by atoms with van der Waals surface area (Å²) in [7, 11) is -3.30. The lowest BCUT2D eigenvalue weighted by molar-refractivity contribution is 0.0963. The van der Waals surface area contributed by atoms with Crippen molar-refractivity contribution < 1.29 is 17.9 Å². The highest BCUT2D eigenvalue weighted by atomic mass is 127. The maximum atomic E-state index is 11.7. The van der Waals surface area contributed by atoms with Gasteiger partial charge in [0.15, 0.2) is 5.96 Å². The monoisotopic (exact) mass is 519 g/mol. The molecular formula is C16H34IN5O4S. The number of hydrogen-bond donors (Lipinski definition) is 3. The van der Waals surface area contributed by atoms with Crippen LogP contribution in [0.25, 0.3) is 0 Å². The Morgan fingerprint density at radius 1 is 1.26 bits per heavy atom. The number of nitrogens with zero attached hydrogens (tertiary/aromatic N) is 2. The van der Waals surface area contributed by atoms with E-state index in [4.69, 9.17) is 4.74 Å². The first-order valence-electron chi connectivity index (χ1n) is 9.02. The van der Waals surface area contributed by atoms with Gasteiger partial charge in [0.2, 0.25) is 10.0 Å². The molecule has 0 unspecified atom stereocenters. The number of carbonyl (C=O) groups excluding carboxylic acids is 1. The van der Waals surface area contributed by atoms with Gasteiger partial charge < -0.3 is 20.3 Å². The SMILES string of the molecule is CCNC(=NCC(C)(C)NS(C)(=O)=O)NC1CCN(C(=O)OCC)CC1.I. The molecule has 1 fully saturated rings. The molecule has 1 aliphatic rings. The zero-order chi connectivity index (χ0) is 19.8. The van der Waals surface area contributed by atoms with Crippen molar-refractivity contribution in [3.63, 3.8) is 0 Å². The van der Waals surface area contributed by atoms with E-state index in [0.29, 0.717) is 38.7 Å². The third-order valence-electron chi connectivity index (χ3n) is 3.80. The minimum Gasteiger partial charge on any atom is -0.450 e. The number of aliphatic imine (C=N–C) groups is 1. The van der Waals surface area contributed by atoms with Crippen LogP contribution < -0.4 is 15.4 Å². The third-order valence-corrected chi connectivity index (χ3v) is 4.72. The van der Waals surface area contributed by atoms with Gasteiger partial charge in [0.1, 0.15) is 0 Å². The molecule has 9 nitrogen and oxygen atoms in total. The van der Waals surface area contributed by atoms with Crippen molar-refractivity contribution >= 4 is 46.1 Å². The standard InChI is InChI=1S/C16H33N5O4S.HI/c1-6-17-14(18-12-16(3,4)20-26(5,23)24)19-13-8-10-21(11-9-13)15(22)25-7-2;/h13,20H,6-12H2,1-5H3,(H2,17,18,19);1H. The van der Waals surface area contributed by atoms with Crippen molar-refractivity contribution in [1.82, 2.24) is 20.3 Å². The molecule has 1 heterocycles. The molecular weight excluding hydrogens is 485 g/mol. The lowest BCUT2D eigenvalue weighted by Gasteiger charge is -2.32. The van der Waals surface area contributed by atoms with Crippen LogP contribution in [0.4, 0.5) is 4.79 Å². The molecule has 0 aromatic carbocycles. The first kappa shape index (κ1) is 26.2. The number of halogens is 1. The molecule has 0 saturated carbocycles. The fourth-order valence-corrected chi connectivity index (χ4v) is 3.81. The Morgan fingerprint density at radius 2 is 1.85 bits per heavy atom. The zero-order valence-electron chi connectivity index (χ0n) is 16.9. The van der Waals surface area contributed by atoms with Crippen LogP contribution in [0.3, 0.4) is 0 Å². The van der Waals surface area contributed by atoms with Gasteiger partial charge in [0.05, 0.1) is 19.4 Å². The predicted molar refractivity (Wildman–Crippen MR) is 118 cm³/mol. The average molecular weight is 519 g/mol. The number of piperidine rings is 1. The lowest BCUT2D eigenvalue weighted by atomic mass is 10.1. The van der Waals surface area contributed by atoms with Gasteiger partial charge in [-0.05, 0) is 40.5 Å². The summed E-state index contributed by atoms with van der Waals surface area (Å²) in [4.78, 5) is 18.0. The molecule has 1 amide bonds. The van der Waals surface area contributed by atoms with Crippen LogP contribution >= 0.6 is 24.0 Å². The number of ether oxygens (including phenoxy) is 1. The van der Waals surface area contributed by atoms with E-state index in [2.05, 4.69) is 20.3 Å². The summed E-state index contributed by atoms with van der Waals surface area (Å²) in [5.74, 6) is 0.644. The van der Waals surface area contributed by atoms with Gasteiger partial charge >= 0.3 is 6.09 Å². The Kier molecular flexibility index (Phi) is 11.5. The van der Waals surface area contributed by atoms with Crippen LogP contribution in [0.5, 0.6) is 0 Å². The molecule has 160 valence electrons. The summed E-state index contributed by atoms with van der Waals surface area (Å²) in [6.45, 7) is 10.0. The van der Waals surface area contributed by atoms with Gasteiger partial charge in [-0.15, -0.1) is 24.0 Å². The van der Waals surface area contributed by atoms with E-state index in [1.165, 1.54) is 0 Å².